The van der Waals surface area contributed by atoms with Crippen LogP contribution in [0.4, 0.5) is 0 Å². The summed E-state index contributed by atoms with van der Waals surface area (Å²) < 4.78 is 23.9. The van der Waals surface area contributed by atoms with Crippen LogP contribution in [0.15, 0.2) is 30.3 Å². The molecule has 2 aliphatic rings. The van der Waals surface area contributed by atoms with E-state index < -0.39 is 23.0 Å². The van der Waals surface area contributed by atoms with Crippen LogP contribution in [0.1, 0.15) is 106 Å². The molecule has 0 unspecified atom stereocenters. The molecule has 0 radical (unpaired) electrons. The zero-order valence-electron chi connectivity index (χ0n) is 26.7. The highest BCUT2D eigenvalue weighted by atomic mass is 16.6. The third kappa shape index (κ3) is 9.04. The third-order valence-electron chi connectivity index (χ3n) is 8.59. The van der Waals surface area contributed by atoms with E-state index in [1.807, 2.05) is 6.07 Å². The standard InChI is InChI=1S/C34H52O7/c1-22-15-17-25(34(8,9)23-13-11-10-12-14-23)27(19-22)40-29(35)20-28-26(41-31(37)33(5,6)7)18-16-24(39-28)21-38-30(36)32(2,3)4/h10-14,22,24-28H,15-21H2,1-9H3/t22-,24-,25-,26+,27-,28-/m1/s1. The van der Waals surface area contributed by atoms with Gasteiger partial charge in [-0.25, -0.2) is 0 Å². The van der Waals surface area contributed by atoms with Gasteiger partial charge in [0.1, 0.15) is 24.9 Å². The largest absolute Gasteiger partial charge is 0.463 e. The first-order valence-corrected chi connectivity index (χ1v) is 15.3. The summed E-state index contributed by atoms with van der Waals surface area (Å²) >= 11 is 0. The van der Waals surface area contributed by atoms with Crippen LogP contribution in [0.2, 0.25) is 0 Å². The lowest BCUT2D eigenvalue weighted by molar-refractivity contribution is -0.193. The lowest BCUT2D eigenvalue weighted by Crippen LogP contribution is -2.47. The molecule has 1 aromatic carbocycles. The second kappa shape index (κ2) is 13.3. The number of ether oxygens (including phenoxy) is 4. The lowest BCUT2D eigenvalue weighted by Gasteiger charge is -2.44. The Labute approximate surface area is 247 Å². The van der Waals surface area contributed by atoms with Crippen molar-refractivity contribution in [2.45, 2.75) is 131 Å². The number of hydrogen-bond acceptors (Lipinski definition) is 7. The second-order valence-corrected chi connectivity index (χ2v) is 14.8. The minimum atomic E-state index is -0.682. The third-order valence-corrected chi connectivity index (χ3v) is 8.59. The van der Waals surface area contributed by atoms with Crippen LogP contribution >= 0.6 is 0 Å². The molecular formula is C34H52O7. The minimum Gasteiger partial charge on any atom is -0.463 e. The van der Waals surface area contributed by atoms with E-state index in [9.17, 15) is 14.4 Å². The van der Waals surface area contributed by atoms with Crippen LogP contribution in [-0.2, 0) is 38.7 Å². The number of esters is 3. The molecule has 2 fully saturated rings. The summed E-state index contributed by atoms with van der Waals surface area (Å²) in [6, 6.07) is 10.4. The highest BCUT2D eigenvalue weighted by molar-refractivity contribution is 5.76. The molecule has 0 bridgehead atoms. The Morgan fingerprint density at radius 1 is 0.805 bits per heavy atom. The van der Waals surface area contributed by atoms with E-state index in [4.69, 9.17) is 18.9 Å². The van der Waals surface area contributed by atoms with Crippen molar-refractivity contribution in [1.29, 1.82) is 0 Å². The Bertz CT molecular complexity index is 1030. The van der Waals surface area contributed by atoms with Gasteiger partial charge in [0.25, 0.3) is 0 Å². The highest BCUT2D eigenvalue weighted by Gasteiger charge is 2.43. The van der Waals surface area contributed by atoms with Crippen LogP contribution in [0.25, 0.3) is 0 Å². The number of benzene rings is 1. The minimum absolute atomic E-state index is 0.0326. The summed E-state index contributed by atoms with van der Waals surface area (Å²) in [5.74, 6) is -0.364. The van der Waals surface area contributed by atoms with Crippen molar-refractivity contribution in [2.24, 2.45) is 22.7 Å². The molecule has 1 saturated carbocycles. The SMILES string of the molecule is C[C@@H]1CC[C@@H](C(C)(C)c2ccccc2)[C@H](OC(=O)C[C@H]2O[C@@H](COC(=O)C(C)(C)C)CC[C@@H]2OC(=O)C(C)(C)C)C1. The van der Waals surface area contributed by atoms with Gasteiger partial charge in [0, 0.05) is 5.92 Å². The summed E-state index contributed by atoms with van der Waals surface area (Å²) in [6.45, 7) is 17.6. The van der Waals surface area contributed by atoms with E-state index >= 15 is 0 Å². The van der Waals surface area contributed by atoms with Crippen molar-refractivity contribution >= 4 is 17.9 Å². The van der Waals surface area contributed by atoms with Gasteiger partial charge in [0.2, 0.25) is 0 Å². The van der Waals surface area contributed by atoms with Gasteiger partial charge in [0.05, 0.1) is 23.4 Å². The number of carbonyl (C=O) groups excluding carboxylic acids is 3. The van der Waals surface area contributed by atoms with E-state index in [2.05, 4.69) is 45.0 Å². The molecule has 1 saturated heterocycles. The quantitative estimate of drug-likeness (QED) is 0.250. The normalized spacial score (nSPS) is 27.5. The van der Waals surface area contributed by atoms with Crippen molar-refractivity contribution in [2.75, 3.05) is 6.61 Å². The van der Waals surface area contributed by atoms with Crippen molar-refractivity contribution in [3.05, 3.63) is 35.9 Å². The second-order valence-electron chi connectivity index (χ2n) is 14.8. The Kier molecular flexibility index (Phi) is 10.7. The van der Waals surface area contributed by atoms with E-state index in [0.717, 1.165) is 19.3 Å². The monoisotopic (exact) mass is 572 g/mol. The topological polar surface area (TPSA) is 88.1 Å². The Morgan fingerprint density at radius 2 is 1.44 bits per heavy atom. The molecule has 6 atom stereocenters. The van der Waals surface area contributed by atoms with E-state index in [1.54, 1.807) is 41.5 Å². The fraction of sp³-hybridized carbons (Fsp3) is 0.735. The maximum atomic E-state index is 13.5. The van der Waals surface area contributed by atoms with Crippen LogP contribution < -0.4 is 0 Å². The van der Waals surface area contributed by atoms with E-state index in [-0.39, 0.29) is 54.5 Å². The molecule has 0 amide bonds. The molecule has 1 aromatic rings. The average Bonchev–Trinajstić information content (AvgIpc) is 2.87. The molecule has 3 rings (SSSR count). The molecule has 0 N–H and O–H groups in total. The predicted molar refractivity (Wildman–Crippen MR) is 158 cm³/mol. The Hall–Kier alpha value is -2.41. The zero-order chi connectivity index (χ0) is 30.6. The van der Waals surface area contributed by atoms with Crippen LogP contribution in [0, 0.1) is 22.7 Å². The first-order chi connectivity index (χ1) is 19.0. The molecular weight excluding hydrogens is 520 g/mol. The van der Waals surface area contributed by atoms with Gasteiger partial charge in [-0.2, -0.15) is 0 Å². The summed E-state index contributed by atoms with van der Waals surface area (Å²) in [5, 5.41) is 0. The van der Waals surface area contributed by atoms with Crippen molar-refractivity contribution in [3.8, 4) is 0 Å². The van der Waals surface area contributed by atoms with Crippen molar-refractivity contribution in [3.63, 3.8) is 0 Å². The predicted octanol–water partition coefficient (Wildman–Crippen LogP) is 6.80. The van der Waals surface area contributed by atoms with Gasteiger partial charge in [-0.05, 0) is 84.1 Å². The van der Waals surface area contributed by atoms with Crippen LogP contribution in [-0.4, -0.2) is 48.9 Å². The molecule has 1 heterocycles. The molecule has 1 aliphatic heterocycles. The van der Waals surface area contributed by atoms with E-state index in [0.29, 0.717) is 18.8 Å². The summed E-state index contributed by atoms with van der Waals surface area (Å²) in [5.41, 5.74) is -0.235. The average molecular weight is 573 g/mol. The summed E-state index contributed by atoms with van der Waals surface area (Å²) in [6.07, 6.45) is 2.07. The Morgan fingerprint density at radius 3 is 2.05 bits per heavy atom. The lowest BCUT2D eigenvalue weighted by atomic mass is 9.64. The fourth-order valence-corrected chi connectivity index (χ4v) is 5.82. The molecule has 1 aliphatic carbocycles. The first-order valence-electron chi connectivity index (χ1n) is 15.3. The van der Waals surface area contributed by atoms with Gasteiger partial charge in [-0.15, -0.1) is 0 Å². The number of rotatable bonds is 8. The van der Waals surface area contributed by atoms with Gasteiger partial charge >= 0.3 is 17.9 Å². The maximum absolute atomic E-state index is 13.5. The molecule has 7 nitrogen and oxygen atoms in total. The van der Waals surface area contributed by atoms with Crippen LogP contribution in [0.3, 0.4) is 0 Å². The van der Waals surface area contributed by atoms with Crippen molar-refractivity contribution < 1.29 is 33.3 Å². The molecule has 230 valence electrons. The van der Waals surface area contributed by atoms with Gasteiger partial charge in [-0.1, -0.05) is 57.5 Å². The van der Waals surface area contributed by atoms with Gasteiger partial charge in [0.15, 0.2) is 0 Å². The molecule has 0 aromatic heterocycles. The maximum Gasteiger partial charge on any atom is 0.311 e. The van der Waals surface area contributed by atoms with Gasteiger partial charge in [-0.3, -0.25) is 14.4 Å². The number of hydrogen-bond donors (Lipinski definition) is 0. The van der Waals surface area contributed by atoms with Gasteiger partial charge < -0.3 is 18.9 Å². The summed E-state index contributed by atoms with van der Waals surface area (Å²) in [4.78, 5) is 38.6. The fourth-order valence-electron chi connectivity index (χ4n) is 5.82. The Balaban J connectivity index is 1.73. The van der Waals surface area contributed by atoms with Crippen LogP contribution in [0.5, 0.6) is 0 Å². The zero-order valence-corrected chi connectivity index (χ0v) is 26.7. The molecule has 7 heteroatoms. The van der Waals surface area contributed by atoms with E-state index in [1.165, 1.54) is 5.56 Å². The first kappa shape index (κ1) is 33.1. The van der Waals surface area contributed by atoms with Crippen molar-refractivity contribution in [1.82, 2.24) is 0 Å². The molecule has 0 spiro atoms. The number of carbonyl (C=O) groups is 3. The smallest absolute Gasteiger partial charge is 0.311 e. The highest BCUT2D eigenvalue weighted by Crippen LogP contribution is 2.44. The molecule has 41 heavy (non-hydrogen) atoms. The summed E-state index contributed by atoms with van der Waals surface area (Å²) in [7, 11) is 0.